The average molecular weight is 264 g/mol. The Kier molecular flexibility index (Phi) is 4.06. The predicted octanol–water partition coefficient (Wildman–Crippen LogP) is 2.40. The SMILES string of the molecule is NC(=S)c1cccc(OCCc2cccs2)n1. The van der Waals surface area contributed by atoms with E-state index in [4.69, 9.17) is 22.7 Å². The van der Waals surface area contributed by atoms with Crippen LogP contribution in [-0.2, 0) is 6.42 Å². The normalized spacial score (nSPS) is 10.1. The molecular weight excluding hydrogens is 252 g/mol. The Bertz CT molecular complexity index is 497. The van der Waals surface area contributed by atoms with Crippen LogP contribution in [0.1, 0.15) is 10.6 Å². The molecule has 0 unspecified atom stereocenters. The number of rotatable bonds is 5. The van der Waals surface area contributed by atoms with Gasteiger partial charge in [-0.3, -0.25) is 0 Å². The van der Waals surface area contributed by atoms with Gasteiger partial charge in [-0.25, -0.2) is 4.98 Å². The van der Waals surface area contributed by atoms with Crippen molar-refractivity contribution in [3.05, 3.63) is 46.3 Å². The van der Waals surface area contributed by atoms with Crippen molar-refractivity contribution in [1.29, 1.82) is 0 Å². The molecule has 17 heavy (non-hydrogen) atoms. The molecule has 0 aliphatic carbocycles. The molecule has 0 fully saturated rings. The van der Waals surface area contributed by atoms with Gasteiger partial charge in [-0.15, -0.1) is 11.3 Å². The number of pyridine rings is 1. The number of thiocarbonyl (C=S) groups is 1. The van der Waals surface area contributed by atoms with E-state index in [0.717, 1.165) is 6.42 Å². The molecule has 0 aliphatic heterocycles. The van der Waals surface area contributed by atoms with Crippen LogP contribution in [0.3, 0.4) is 0 Å². The summed E-state index contributed by atoms with van der Waals surface area (Å²) < 4.78 is 5.55. The first-order chi connectivity index (χ1) is 8.25. The maximum Gasteiger partial charge on any atom is 0.213 e. The third kappa shape index (κ3) is 3.51. The van der Waals surface area contributed by atoms with Crippen LogP contribution in [0.15, 0.2) is 35.7 Å². The Balaban J connectivity index is 1.90. The Labute approximate surface area is 109 Å². The first-order valence-corrected chi connectivity index (χ1v) is 6.46. The standard InChI is InChI=1S/C12H12N2OS2/c13-12(16)10-4-1-5-11(14-10)15-7-6-9-3-2-8-17-9/h1-5,8H,6-7H2,(H2,13,16). The van der Waals surface area contributed by atoms with Gasteiger partial charge in [0.05, 0.1) is 6.61 Å². The molecule has 0 saturated carbocycles. The van der Waals surface area contributed by atoms with Crippen LogP contribution in [0.25, 0.3) is 0 Å². The molecular formula is C12H12N2OS2. The topological polar surface area (TPSA) is 48.1 Å². The average Bonchev–Trinajstić information content (AvgIpc) is 2.82. The summed E-state index contributed by atoms with van der Waals surface area (Å²) >= 11 is 6.59. The van der Waals surface area contributed by atoms with Gasteiger partial charge in [-0.05, 0) is 17.5 Å². The highest BCUT2D eigenvalue weighted by Crippen LogP contribution is 2.11. The summed E-state index contributed by atoms with van der Waals surface area (Å²) in [5.74, 6) is 0.562. The summed E-state index contributed by atoms with van der Waals surface area (Å²) in [4.78, 5) is 5.79. The second-order valence-corrected chi connectivity index (χ2v) is 4.88. The summed E-state index contributed by atoms with van der Waals surface area (Å²) in [6.07, 6.45) is 0.886. The summed E-state index contributed by atoms with van der Waals surface area (Å²) in [6.45, 7) is 0.605. The number of aromatic nitrogens is 1. The number of nitrogens with two attached hydrogens (primary N) is 1. The highest BCUT2D eigenvalue weighted by molar-refractivity contribution is 7.80. The van der Waals surface area contributed by atoms with E-state index in [2.05, 4.69) is 16.4 Å². The minimum Gasteiger partial charge on any atom is -0.477 e. The van der Waals surface area contributed by atoms with Crippen molar-refractivity contribution in [1.82, 2.24) is 4.98 Å². The highest BCUT2D eigenvalue weighted by atomic mass is 32.1. The van der Waals surface area contributed by atoms with Gasteiger partial charge in [-0.1, -0.05) is 24.4 Å². The Morgan fingerprint density at radius 2 is 2.24 bits per heavy atom. The summed E-state index contributed by atoms with van der Waals surface area (Å²) in [5.41, 5.74) is 6.09. The lowest BCUT2D eigenvalue weighted by Crippen LogP contribution is -2.12. The maximum absolute atomic E-state index is 5.55. The molecule has 0 bridgehead atoms. The van der Waals surface area contributed by atoms with E-state index in [1.807, 2.05) is 12.1 Å². The van der Waals surface area contributed by atoms with E-state index >= 15 is 0 Å². The van der Waals surface area contributed by atoms with Crippen LogP contribution in [-0.4, -0.2) is 16.6 Å². The molecule has 0 spiro atoms. The molecule has 2 aromatic rings. The molecule has 2 aromatic heterocycles. The van der Waals surface area contributed by atoms with Crippen LogP contribution in [0.4, 0.5) is 0 Å². The van der Waals surface area contributed by atoms with Crippen LogP contribution in [0, 0.1) is 0 Å². The lowest BCUT2D eigenvalue weighted by Gasteiger charge is -2.05. The molecule has 3 nitrogen and oxygen atoms in total. The van der Waals surface area contributed by atoms with Gasteiger partial charge in [0.15, 0.2) is 0 Å². The Morgan fingerprint density at radius 3 is 2.94 bits per heavy atom. The quantitative estimate of drug-likeness (QED) is 0.842. The maximum atomic E-state index is 5.55. The van der Waals surface area contributed by atoms with E-state index in [1.54, 1.807) is 23.5 Å². The van der Waals surface area contributed by atoms with Gasteiger partial charge >= 0.3 is 0 Å². The van der Waals surface area contributed by atoms with Crippen molar-refractivity contribution in [2.75, 3.05) is 6.61 Å². The highest BCUT2D eigenvalue weighted by Gasteiger charge is 2.01. The van der Waals surface area contributed by atoms with Crippen LogP contribution in [0.5, 0.6) is 5.88 Å². The molecule has 2 N–H and O–H groups in total. The zero-order chi connectivity index (χ0) is 12.1. The lowest BCUT2D eigenvalue weighted by atomic mass is 10.3. The number of hydrogen-bond acceptors (Lipinski definition) is 4. The van der Waals surface area contributed by atoms with Gasteiger partial charge < -0.3 is 10.5 Å². The number of thiophene rings is 1. The van der Waals surface area contributed by atoms with E-state index in [1.165, 1.54) is 4.88 Å². The Hall–Kier alpha value is -1.46. The molecule has 2 heterocycles. The largest absolute Gasteiger partial charge is 0.477 e. The van der Waals surface area contributed by atoms with Crippen LogP contribution < -0.4 is 10.5 Å². The molecule has 0 amide bonds. The predicted molar refractivity (Wildman–Crippen MR) is 73.6 cm³/mol. The monoisotopic (exact) mass is 264 g/mol. The van der Waals surface area contributed by atoms with E-state index in [0.29, 0.717) is 18.2 Å². The smallest absolute Gasteiger partial charge is 0.213 e. The van der Waals surface area contributed by atoms with Crippen LogP contribution in [0.2, 0.25) is 0 Å². The summed E-state index contributed by atoms with van der Waals surface area (Å²) in [7, 11) is 0. The van der Waals surface area contributed by atoms with Crippen molar-refractivity contribution in [2.45, 2.75) is 6.42 Å². The number of ether oxygens (including phenoxy) is 1. The molecule has 0 saturated heterocycles. The summed E-state index contributed by atoms with van der Waals surface area (Å²) in [6, 6.07) is 9.53. The van der Waals surface area contributed by atoms with E-state index in [-0.39, 0.29) is 4.99 Å². The number of nitrogens with zero attached hydrogens (tertiary/aromatic N) is 1. The second-order valence-electron chi connectivity index (χ2n) is 3.40. The van der Waals surface area contributed by atoms with Crippen molar-refractivity contribution < 1.29 is 4.74 Å². The fourth-order valence-electron chi connectivity index (χ4n) is 1.34. The molecule has 88 valence electrons. The second kappa shape index (κ2) is 5.75. The zero-order valence-electron chi connectivity index (χ0n) is 9.13. The van der Waals surface area contributed by atoms with Crippen molar-refractivity contribution in [3.8, 4) is 5.88 Å². The third-order valence-electron chi connectivity index (χ3n) is 2.15. The Morgan fingerprint density at radius 1 is 1.35 bits per heavy atom. The summed E-state index contributed by atoms with van der Waals surface area (Å²) in [5, 5.41) is 2.06. The zero-order valence-corrected chi connectivity index (χ0v) is 10.8. The van der Waals surface area contributed by atoms with Crippen molar-refractivity contribution in [2.24, 2.45) is 5.73 Å². The molecule has 2 rings (SSSR count). The first-order valence-electron chi connectivity index (χ1n) is 5.18. The van der Waals surface area contributed by atoms with E-state index in [9.17, 15) is 0 Å². The molecule has 5 heteroatoms. The van der Waals surface area contributed by atoms with Gasteiger partial charge in [0.25, 0.3) is 0 Å². The third-order valence-corrected chi connectivity index (χ3v) is 3.30. The van der Waals surface area contributed by atoms with Gasteiger partial charge in [-0.2, -0.15) is 0 Å². The van der Waals surface area contributed by atoms with Crippen molar-refractivity contribution in [3.63, 3.8) is 0 Å². The lowest BCUT2D eigenvalue weighted by molar-refractivity contribution is 0.310. The van der Waals surface area contributed by atoms with E-state index < -0.39 is 0 Å². The minimum atomic E-state index is 0.286. The molecule has 0 aromatic carbocycles. The van der Waals surface area contributed by atoms with Gasteiger partial charge in [0.1, 0.15) is 10.7 Å². The molecule has 0 radical (unpaired) electrons. The first kappa shape index (κ1) is 12.0. The minimum absolute atomic E-state index is 0.286. The van der Waals surface area contributed by atoms with Gasteiger partial charge in [0.2, 0.25) is 5.88 Å². The molecule has 0 atom stereocenters. The fraction of sp³-hybridized carbons (Fsp3) is 0.167. The van der Waals surface area contributed by atoms with Crippen molar-refractivity contribution >= 4 is 28.5 Å². The van der Waals surface area contributed by atoms with Crippen LogP contribution >= 0.6 is 23.6 Å². The number of hydrogen-bond donors (Lipinski definition) is 1. The molecule has 0 aliphatic rings. The fourth-order valence-corrected chi connectivity index (χ4v) is 2.15. The van der Waals surface area contributed by atoms with Gasteiger partial charge in [0, 0.05) is 17.4 Å².